The second-order valence-electron chi connectivity index (χ2n) is 2.01. The van der Waals surface area contributed by atoms with Gasteiger partial charge in [0.1, 0.15) is 0 Å². The van der Waals surface area contributed by atoms with E-state index >= 15 is 0 Å². The zero-order chi connectivity index (χ0) is 7.07. The predicted molar refractivity (Wildman–Crippen MR) is 73.3 cm³/mol. The molecule has 0 aliphatic heterocycles. The molecule has 0 saturated heterocycles. The van der Waals surface area contributed by atoms with Gasteiger partial charge >= 0.3 is 0 Å². The van der Waals surface area contributed by atoms with Crippen molar-refractivity contribution >= 4 is 38.9 Å². The van der Waals surface area contributed by atoms with Crippen molar-refractivity contribution in [3.63, 3.8) is 0 Å². The number of hydrogen-bond donors (Lipinski definition) is 0. The van der Waals surface area contributed by atoms with Crippen molar-refractivity contribution in [3.05, 3.63) is 48.6 Å². The molecule has 0 unspecified atom stereocenters. The van der Waals surface area contributed by atoms with E-state index in [0.717, 1.165) is 12.8 Å². The molecule has 0 amide bonds. The van der Waals surface area contributed by atoms with Crippen LogP contribution in [0.2, 0.25) is 0 Å². The van der Waals surface area contributed by atoms with Gasteiger partial charge in [0.25, 0.3) is 0 Å². The quantitative estimate of drug-likeness (QED) is 0.378. The summed E-state index contributed by atoms with van der Waals surface area (Å²) >= 11 is 0. The molecule has 0 aromatic heterocycles. The summed E-state index contributed by atoms with van der Waals surface area (Å²) in [6.45, 7) is 0. The van der Waals surface area contributed by atoms with Gasteiger partial charge in [-0.1, -0.05) is 0 Å². The number of hydrogen-bond acceptors (Lipinski definition) is 0. The summed E-state index contributed by atoms with van der Waals surface area (Å²) in [5, 5.41) is 0. The van der Waals surface area contributed by atoms with E-state index in [0.29, 0.717) is 0 Å². The summed E-state index contributed by atoms with van der Waals surface area (Å²) < 4.78 is 0. The first-order chi connectivity index (χ1) is 5.00. The van der Waals surface area contributed by atoms with Gasteiger partial charge in [0.05, 0.1) is 0 Å². The van der Waals surface area contributed by atoms with Crippen LogP contribution in [0.4, 0.5) is 0 Å². The zero-order valence-electron chi connectivity index (χ0n) is 8.79. The fraction of sp³-hybridized carbons (Fsp3) is 0.200. The zero-order valence-corrected chi connectivity index (χ0v) is 18.1. The van der Waals surface area contributed by atoms with Gasteiger partial charge in [0.15, 0.2) is 0 Å². The van der Waals surface area contributed by atoms with Crippen LogP contribution in [-0.4, -0.2) is 21.9 Å². The average molecular weight is 452 g/mol. The smallest absolute Gasteiger partial charge is 0 e. The summed E-state index contributed by atoms with van der Waals surface area (Å²) in [4.78, 5) is 0. The van der Waals surface area contributed by atoms with Crippen molar-refractivity contribution in [3.8, 4) is 0 Å². The first-order valence-electron chi connectivity index (χ1n) is 3.43. The summed E-state index contributed by atoms with van der Waals surface area (Å²) in [5.74, 6) is 0. The molecule has 0 bridgehead atoms. The largest absolute Gasteiger partial charge is 0.273 e. The summed E-state index contributed by atoms with van der Waals surface area (Å²) in [7, 11) is 0. The van der Waals surface area contributed by atoms with Crippen LogP contribution >= 0.6 is 17.0 Å². The molecule has 14 heavy (non-hydrogen) atoms. The Balaban J connectivity index is -0.0000000556. The van der Waals surface area contributed by atoms with Gasteiger partial charge in [0.2, 0.25) is 0 Å². The second kappa shape index (κ2) is 19.3. The molecule has 0 spiro atoms. The standard InChI is InChI=1S/2C5H5.BrH.Hf.2H3Si/c2*1-2-4-5-3-1;;;;/h2*1-3H,4H2;1H;;2*1H3/q2*-1;;;;. The van der Waals surface area contributed by atoms with E-state index in [-0.39, 0.29) is 64.8 Å². The van der Waals surface area contributed by atoms with Crippen molar-refractivity contribution in [1.29, 1.82) is 0 Å². The van der Waals surface area contributed by atoms with E-state index in [4.69, 9.17) is 0 Å². The van der Waals surface area contributed by atoms with Gasteiger partial charge in [-0.3, -0.25) is 12.2 Å². The second-order valence-corrected chi connectivity index (χ2v) is 2.01. The third-order valence-corrected chi connectivity index (χ3v) is 1.17. The van der Waals surface area contributed by atoms with E-state index in [2.05, 4.69) is 24.3 Å². The van der Waals surface area contributed by atoms with Gasteiger partial charge in [0, 0.05) is 25.8 Å². The molecule has 0 heterocycles. The van der Waals surface area contributed by atoms with E-state index in [1.807, 2.05) is 24.3 Å². The third-order valence-electron chi connectivity index (χ3n) is 1.17. The van der Waals surface area contributed by atoms with E-state index in [1.54, 1.807) is 0 Å². The first-order valence-corrected chi connectivity index (χ1v) is 3.43. The molecule has 2 aliphatic rings. The average Bonchev–Trinajstić information content (AvgIpc) is 2.67. The third kappa shape index (κ3) is 15.2. The summed E-state index contributed by atoms with van der Waals surface area (Å²) in [6.07, 6.45) is 20.0. The normalized spacial score (nSPS) is 12.6. The fourth-order valence-corrected chi connectivity index (χ4v) is 0.680. The van der Waals surface area contributed by atoms with Crippen LogP contribution in [-0.2, 0) is 25.8 Å². The molecule has 2 aliphatic carbocycles. The van der Waals surface area contributed by atoms with Gasteiger partial charge in [-0.15, -0.1) is 29.8 Å². The van der Waals surface area contributed by atoms with Crippen molar-refractivity contribution < 1.29 is 25.8 Å². The molecule has 2 rings (SSSR count). The van der Waals surface area contributed by atoms with Gasteiger partial charge in [-0.25, -0.2) is 24.3 Å². The SMILES string of the molecule is Br.[C-]1=CC=CC1.[C-]1=CC=CC1.[Hf].[SiH3].[SiH3]. The molecule has 0 aromatic rings. The Morgan fingerprint density at radius 3 is 1.21 bits per heavy atom. The van der Waals surface area contributed by atoms with Crippen LogP contribution < -0.4 is 0 Å². The minimum atomic E-state index is 0. The van der Waals surface area contributed by atoms with Crippen LogP contribution in [0, 0.1) is 12.2 Å². The monoisotopic (exact) mass is 452 g/mol. The van der Waals surface area contributed by atoms with Crippen LogP contribution in [0.5, 0.6) is 0 Å². The maximum absolute atomic E-state index is 2.99. The van der Waals surface area contributed by atoms with Gasteiger partial charge in [-0.05, 0) is 21.9 Å². The van der Waals surface area contributed by atoms with E-state index in [1.165, 1.54) is 0 Å². The van der Waals surface area contributed by atoms with Crippen LogP contribution in [0.1, 0.15) is 12.8 Å². The Morgan fingerprint density at radius 1 is 0.786 bits per heavy atom. The predicted octanol–water partition coefficient (Wildman–Crippen LogP) is 0.819. The number of rotatable bonds is 0. The molecule has 78 valence electrons. The Hall–Kier alpha value is 0.744. The molecule has 0 N–H and O–H groups in total. The molecular weight excluding hydrogens is 435 g/mol. The number of halogens is 1. The molecule has 0 saturated carbocycles. The Morgan fingerprint density at radius 2 is 1.14 bits per heavy atom. The Bertz CT molecular complexity index is 156. The molecule has 0 atom stereocenters. The fourth-order valence-electron chi connectivity index (χ4n) is 0.680. The molecule has 2 radical (unpaired) electrons. The summed E-state index contributed by atoms with van der Waals surface area (Å²) in [6, 6.07) is 0. The van der Waals surface area contributed by atoms with E-state index in [9.17, 15) is 0 Å². The Labute approximate surface area is 125 Å². The first kappa shape index (κ1) is 24.1. The van der Waals surface area contributed by atoms with Gasteiger partial charge in [-0.2, -0.15) is 12.2 Å². The molecular formula is C10H17BrHfSi2-2. The molecule has 0 aromatic carbocycles. The van der Waals surface area contributed by atoms with Crippen molar-refractivity contribution in [2.24, 2.45) is 0 Å². The minimum absolute atomic E-state index is 0. The van der Waals surface area contributed by atoms with Crippen LogP contribution in [0.3, 0.4) is 0 Å². The topological polar surface area (TPSA) is 0 Å². The minimum Gasteiger partial charge on any atom is -0.273 e. The molecule has 0 fully saturated rings. The maximum Gasteiger partial charge on any atom is 0 e. The Kier molecular flexibility index (Phi) is 33.3. The summed E-state index contributed by atoms with van der Waals surface area (Å²) in [5.41, 5.74) is 0. The molecule has 0 nitrogen and oxygen atoms in total. The maximum atomic E-state index is 2.99. The van der Waals surface area contributed by atoms with Gasteiger partial charge < -0.3 is 0 Å². The molecule has 4 heteroatoms. The van der Waals surface area contributed by atoms with Crippen LogP contribution in [0.25, 0.3) is 0 Å². The van der Waals surface area contributed by atoms with Crippen molar-refractivity contribution in [2.45, 2.75) is 12.8 Å². The van der Waals surface area contributed by atoms with Crippen molar-refractivity contribution in [1.82, 2.24) is 0 Å². The number of allylic oxidation sites excluding steroid dienone is 8. The van der Waals surface area contributed by atoms with Crippen LogP contribution in [0.15, 0.2) is 36.5 Å². The van der Waals surface area contributed by atoms with E-state index < -0.39 is 0 Å². The van der Waals surface area contributed by atoms with Crippen molar-refractivity contribution in [2.75, 3.05) is 0 Å².